The maximum absolute atomic E-state index is 5.25. The molecule has 96 valence electrons. The van der Waals surface area contributed by atoms with Crippen LogP contribution in [-0.4, -0.2) is 18.6 Å². The van der Waals surface area contributed by atoms with Crippen molar-refractivity contribution in [1.29, 1.82) is 0 Å². The van der Waals surface area contributed by atoms with Crippen LogP contribution in [0.5, 0.6) is 5.75 Å². The Morgan fingerprint density at radius 2 is 2.28 bits per heavy atom. The second-order valence-corrected chi connectivity index (χ2v) is 4.93. The number of hydrogen-bond acceptors (Lipinski definition) is 4. The molecule has 0 saturated carbocycles. The van der Waals surface area contributed by atoms with Gasteiger partial charge in [-0.3, -0.25) is 0 Å². The summed E-state index contributed by atoms with van der Waals surface area (Å²) in [5.41, 5.74) is 5.50. The Kier molecular flexibility index (Phi) is 4.73. The van der Waals surface area contributed by atoms with E-state index >= 15 is 0 Å². The first-order valence-electron chi connectivity index (χ1n) is 6.01. The number of aryl methyl sites for hydroxylation is 1. The van der Waals surface area contributed by atoms with Crippen LogP contribution in [0.1, 0.15) is 16.8 Å². The Balaban J connectivity index is 1.78. The van der Waals surface area contributed by atoms with Crippen molar-refractivity contribution in [1.82, 2.24) is 10.3 Å². The molecule has 0 saturated heterocycles. The molecule has 2 aromatic rings. The van der Waals surface area contributed by atoms with Crippen LogP contribution >= 0.6 is 11.3 Å². The number of rotatable bonds is 6. The monoisotopic (exact) mass is 262 g/mol. The third-order valence-corrected chi connectivity index (χ3v) is 3.47. The van der Waals surface area contributed by atoms with Crippen molar-refractivity contribution in [3.8, 4) is 5.75 Å². The predicted octanol–water partition coefficient (Wildman–Crippen LogP) is 2.79. The topological polar surface area (TPSA) is 34.1 Å². The second-order valence-electron chi connectivity index (χ2n) is 4.21. The molecule has 0 aliphatic heterocycles. The molecule has 18 heavy (non-hydrogen) atoms. The number of nitrogens with one attached hydrogen (secondary N) is 1. The fourth-order valence-corrected chi connectivity index (χ4v) is 2.45. The fourth-order valence-electron chi connectivity index (χ4n) is 1.86. The molecule has 0 radical (unpaired) electrons. The van der Waals surface area contributed by atoms with Crippen LogP contribution in [-0.2, 0) is 13.0 Å². The summed E-state index contributed by atoms with van der Waals surface area (Å²) in [6.45, 7) is 3.90. The maximum Gasteiger partial charge on any atom is 0.121 e. The normalized spacial score (nSPS) is 10.6. The van der Waals surface area contributed by atoms with Gasteiger partial charge in [-0.25, -0.2) is 4.98 Å². The van der Waals surface area contributed by atoms with E-state index in [2.05, 4.69) is 34.7 Å². The van der Waals surface area contributed by atoms with Crippen molar-refractivity contribution in [2.45, 2.75) is 19.9 Å². The predicted molar refractivity (Wildman–Crippen MR) is 75.3 cm³/mol. The lowest BCUT2D eigenvalue weighted by Gasteiger charge is -2.08. The second kappa shape index (κ2) is 6.52. The van der Waals surface area contributed by atoms with Crippen molar-refractivity contribution in [3.63, 3.8) is 0 Å². The first-order valence-corrected chi connectivity index (χ1v) is 6.95. The zero-order chi connectivity index (χ0) is 12.8. The maximum atomic E-state index is 5.25. The number of aromatic nitrogens is 1. The first-order chi connectivity index (χ1) is 8.79. The molecule has 0 unspecified atom stereocenters. The molecule has 0 bridgehead atoms. The van der Waals surface area contributed by atoms with Crippen LogP contribution in [0.3, 0.4) is 0 Å². The summed E-state index contributed by atoms with van der Waals surface area (Å²) in [6.07, 6.45) is 0.985. The highest BCUT2D eigenvalue weighted by atomic mass is 32.1. The van der Waals surface area contributed by atoms with E-state index in [0.717, 1.165) is 25.3 Å². The highest BCUT2D eigenvalue weighted by Gasteiger charge is 2.00. The number of ether oxygens (including phenoxy) is 1. The first kappa shape index (κ1) is 13.1. The van der Waals surface area contributed by atoms with Gasteiger partial charge in [0.2, 0.25) is 0 Å². The summed E-state index contributed by atoms with van der Waals surface area (Å²) in [4.78, 5) is 4.26. The minimum absolute atomic E-state index is 0.884. The SMILES string of the molecule is COc1ccc(CNCCc2cscn2)cc1C. The van der Waals surface area contributed by atoms with Gasteiger partial charge in [-0.2, -0.15) is 0 Å². The molecule has 1 aromatic carbocycles. The van der Waals surface area contributed by atoms with Gasteiger partial charge in [0, 0.05) is 24.9 Å². The van der Waals surface area contributed by atoms with Crippen LogP contribution in [0.4, 0.5) is 0 Å². The summed E-state index contributed by atoms with van der Waals surface area (Å²) < 4.78 is 5.25. The Morgan fingerprint density at radius 3 is 2.94 bits per heavy atom. The average Bonchev–Trinajstić information content (AvgIpc) is 2.88. The quantitative estimate of drug-likeness (QED) is 0.813. The third kappa shape index (κ3) is 3.55. The van der Waals surface area contributed by atoms with Gasteiger partial charge in [0.05, 0.1) is 18.3 Å². The van der Waals surface area contributed by atoms with Crippen molar-refractivity contribution in [2.24, 2.45) is 0 Å². The van der Waals surface area contributed by atoms with Crippen LogP contribution in [0.2, 0.25) is 0 Å². The van der Waals surface area contributed by atoms with Crippen LogP contribution in [0, 0.1) is 6.92 Å². The van der Waals surface area contributed by atoms with Gasteiger partial charge < -0.3 is 10.1 Å². The number of hydrogen-bond donors (Lipinski definition) is 1. The Hall–Kier alpha value is -1.39. The molecule has 1 heterocycles. The fraction of sp³-hybridized carbons (Fsp3) is 0.357. The smallest absolute Gasteiger partial charge is 0.121 e. The van der Waals surface area contributed by atoms with Gasteiger partial charge in [0.25, 0.3) is 0 Å². The zero-order valence-corrected chi connectivity index (χ0v) is 11.6. The van der Waals surface area contributed by atoms with E-state index < -0.39 is 0 Å². The molecule has 1 aromatic heterocycles. The standard InChI is InChI=1S/C14H18N2OS/c1-11-7-12(3-4-14(11)17-2)8-15-6-5-13-9-18-10-16-13/h3-4,7,9-10,15H,5-6,8H2,1-2H3. The van der Waals surface area contributed by atoms with Crippen molar-refractivity contribution < 1.29 is 4.74 Å². The van der Waals surface area contributed by atoms with E-state index in [4.69, 9.17) is 4.74 Å². The van der Waals surface area contributed by atoms with Gasteiger partial charge in [0.15, 0.2) is 0 Å². The van der Waals surface area contributed by atoms with Gasteiger partial charge in [0.1, 0.15) is 5.75 Å². The van der Waals surface area contributed by atoms with E-state index in [-0.39, 0.29) is 0 Å². The molecule has 2 rings (SSSR count). The molecular formula is C14H18N2OS. The highest BCUT2D eigenvalue weighted by Crippen LogP contribution is 2.18. The van der Waals surface area contributed by atoms with Crippen LogP contribution in [0.25, 0.3) is 0 Å². The molecule has 0 fully saturated rings. The Labute approximate surface area is 112 Å². The minimum atomic E-state index is 0.884. The summed E-state index contributed by atoms with van der Waals surface area (Å²) in [7, 11) is 1.70. The third-order valence-electron chi connectivity index (χ3n) is 2.83. The molecule has 1 N–H and O–H groups in total. The summed E-state index contributed by atoms with van der Waals surface area (Å²) in [5, 5.41) is 5.52. The minimum Gasteiger partial charge on any atom is -0.496 e. The van der Waals surface area contributed by atoms with Gasteiger partial charge in [-0.15, -0.1) is 11.3 Å². The van der Waals surface area contributed by atoms with Crippen LogP contribution in [0.15, 0.2) is 29.1 Å². The Bertz CT molecular complexity index is 483. The zero-order valence-electron chi connectivity index (χ0n) is 10.8. The van der Waals surface area contributed by atoms with Gasteiger partial charge in [-0.1, -0.05) is 12.1 Å². The average molecular weight is 262 g/mol. The molecule has 0 aliphatic rings. The van der Waals surface area contributed by atoms with Gasteiger partial charge >= 0.3 is 0 Å². The lowest BCUT2D eigenvalue weighted by atomic mass is 10.1. The lowest BCUT2D eigenvalue weighted by Crippen LogP contribution is -2.16. The van der Waals surface area contributed by atoms with E-state index in [9.17, 15) is 0 Å². The number of methoxy groups -OCH3 is 1. The number of nitrogens with zero attached hydrogens (tertiary/aromatic N) is 1. The molecule has 3 nitrogen and oxygen atoms in total. The van der Waals surface area contributed by atoms with E-state index in [1.165, 1.54) is 16.8 Å². The highest BCUT2D eigenvalue weighted by molar-refractivity contribution is 7.07. The molecule has 4 heteroatoms. The summed E-state index contributed by atoms with van der Waals surface area (Å²) >= 11 is 1.65. The molecule has 0 spiro atoms. The van der Waals surface area contributed by atoms with E-state index in [0.29, 0.717) is 0 Å². The van der Waals surface area contributed by atoms with E-state index in [1.54, 1.807) is 18.4 Å². The summed E-state index contributed by atoms with van der Waals surface area (Å²) in [6, 6.07) is 6.28. The number of thiazole rings is 1. The largest absolute Gasteiger partial charge is 0.496 e. The van der Waals surface area contributed by atoms with Gasteiger partial charge in [-0.05, 0) is 24.1 Å². The van der Waals surface area contributed by atoms with Crippen molar-refractivity contribution in [3.05, 3.63) is 45.9 Å². The molecule has 0 aliphatic carbocycles. The summed E-state index contributed by atoms with van der Waals surface area (Å²) in [5.74, 6) is 0.946. The molecular weight excluding hydrogens is 244 g/mol. The Morgan fingerprint density at radius 1 is 1.39 bits per heavy atom. The van der Waals surface area contributed by atoms with Crippen molar-refractivity contribution >= 4 is 11.3 Å². The van der Waals surface area contributed by atoms with Crippen molar-refractivity contribution in [2.75, 3.05) is 13.7 Å². The molecule has 0 atom stereocenters. The number of benzene rings is 1. The lowest BCUT2D eigenvalue weighted by molar-refractivity contribution is 0.411. The van der Waals surface area contributed by atoms with E-state index in [1.807, 2.05) is 11.6 Å². The molecule has 0 amide bonds. The van der Waals surface area contributed by atoms with Crippen LogP contribution < -0.4 is 10.1 Å².